The first-order valence-electron chi connectivity index (χ1n) is 7.53. The molecule has 6 heteroatoms. The van der Waals surface area contributed by atoms with Crippen LogP contribution in [-0.2, 0) is 4.74 Å². The van der Waals surface area contributed by atoms with Crippen molar-refractivity contribution in [2.45, 2.75) is 45.3 Å². The monoisotopic (exact) mass is 321 g/mol. The topological polar surface area (TPSA) is 55.3 Å². The molecule has 22 heavy (non-hydrogen) atoms. The lowest BCUT2D eigenvalue weighted by atomic mass is 9.79. The van der Waals surface area contributed by atoms with E-state index in [1.165, 1.54) is 0 Å². The fourth-order valence-corrected chi connectivity index (χ4v) is 3.11. The molecule has 4 rings (SSSR count). The molecule has 0 radical (unpaired) electrons. The number of amides is 1. The van der Waals surface area contributed by atoms with E-state index in [2.05, 4.69) is 16.0 Å². The summed E-state index contributed by atoms with van der Waals surface area (Å²) in [6.45, 7) is 6.32. The highest BCUT2D eigenvalue weighted by atomic mass is 35.5. The molecule has 1 aliphatic carbocycles. The second-order valence-electron chi connectivity index (χ2n) is 6.82. The average Bonchev–Trinajstić information content (AvgIpc) is 2.46. The molecule has 1 aromatic heterocycles. The van der Waals surface area contributed by atoms with Crippen molar-refractivity contribution in [1.29, 1.82) is 0 Å². The van der Waals surface area contributed by atoms with Gasteiger partial charge in [0.25, 0.3) is 0 Å². The number of rotatable bonds is 1. The molecular weight excluding hydrogens is 302 g/mol. The van der Waals surface area contributed by atoms with Gasteiger partial charge in [0.05, 0.1) is 11.1 Å². The molecule has 0 N–H and O–H groups in total. The maximum absolute atomic E-state index is 12.3. The molecule has 2 bridgehead atoms. The average molecular weight is 322 g/mol. The van der Waals surface area contributed by atoms with Crippen LogP contribution >= 0.6 is 11.6 Å². The van der Waals surface area contributed by atoms with Crippen LogP contribution in [0.5, 0.6) is 0 Å². The quantitative estimate of drug-likeness (QED) is 0.794. The molecule has 1 amide bonds. The summed E-state index contributed by atoms with van der Waals surface area (Å²) in [5.41, 5.74) is 0.646. The van der Waals surface area contributed by atoms with Crippen molar-refractivity contribution in [2.24, 2.45) is 5.92 Å². The van der Waals surface area contributed by atoms with Gasteiger partial charge in [0, 0.05) is 24.9 Å². The van der Waals surface area contributed by atoms with Crippen LogP contribution < -0.4 is 0 Å². The normalized spacial score (nSPS) is 24.2. The van der Waals surface area contributed by atoms with E-state index in [1.807, 2.05) is 25.7 Å². The van der Waals surface area contributed by atoms with E-state index >= 15 is 0 Å². The molecule has 0 aromatic carbocycles. The van der Waals surface area contributed by atoms with Gasteiger partial charge in [-0.2, -0.15) is 0 Å². The van der Waals surface area contributed by atoms with Crippen molar-refractivity contribution in [3.05, 3.63) is 29.3 Å². The summed E-state index contributed by atoms with van der Waals surface area (Å²) in [5, 5.41) is 0.528. The van der Waals surface area contributed by atoms with Crippen molar-refractivity contribution >= 4 is 23.3 Å². The molecule has 0 saturated carbocycles. The van der Waals surface area contributed by atoms with Crippen molar-refractivity contribution < 1.29 is 9.53 Å². The minimum absolute atomic E-state index is 0.0640. The van der Waals surface area contributed by atoms with Gasteiger partial charge in [-0.3, -0.25) is 0 Å². The Kier molecular flexibility index (Phi) is 3.85. The number of hydrogen-bond acceptors (Lipinski definition) is 4. The minimum atomic E-state index is -0.473. The highest BCUT2D eigenvalue weighted by Crippen LogP contribution is 2.39. The first kappa shape index (κ1) is 15.3. The molecule has 3 heterocycles. The fourth-order valence-electron chi connectivity index (χ4n) is 3.01. The Labute approximate surface area is 135 Å². The van der Waals surface area contributed by atoms with Crippen LogP contribution in [0.2, 0.25) is 5.02 Å². The van der Waals surface area contributed by atoms with Gasteiger partial charge in [-0.05, 0) is 39.2 Å². The van der Waals surface area contributed by atoms with Gasteiger partial charge in [0.15, 0.2) is 5.82 Å². The predicted octanol–water partition coefficient (Wildman–Crippen LogP) is 3.54. The van der Waals surface area contributed by atoms with Gasteiger partial charge < -0.3 is 9.64 Å². The maximum atomic E-state index is 12.3. The van der Waals surface area contributed by atoms with Crippen molar-refractivity contribution in [2.75, 3.05) is 6.54 Å². The number of hydrogen-bond donors (Lipinski definition) is 0. The third-order valence-corrected chi connectivity index (χ3v) is 4.14. The number of fused-ring (bicyclic) bond motifs is 2. The van der Waals surface area contributed by atoms with Crippen LogP contribution in [0.25, 0.3) is 5.57 Å². The van der Waals surface area contributed by atoms with E-state index < -0.39 is 5.60 Å². The first-order valence-corrected chi connectivity index (χ1v) is 7.90. The van der Waals surface area contributed by atoms with Crippen LogP contribution in [0.15, 0.2) is 18.5 Å². The molecule has 0 spiro atoms. The highest BCUT2D eigenvalue weighted by Gasteiger charge is 2.39. The highest BCUT2D eigenvalue weighted by molar-refractivity contribution is 6.30. The Balaban J connectivity index is 1.80. The number of aromatic nitrogens is 2. The van der Waals surface area contributed by atoms with E-state index in [9.17, 15) is 4.79 Å². The fraction of sp³-hybridized carbons (Fsp3) is 0.562. The Morgan fingerprint density at radius 2 is 2.00 bits per heavy atom. The summed E-state index contributed by atoms with van der Waals surface area (Å²) in [6, 6.07) is 0.0640. The molecule has 3 aliphatic rings. The van der Waals surface area contributed by atoms with Crippen LogP contribution in [0.1, 0.15) is 39.4 Å². The van der Waals surface area contributed by atoms with Gasteiger partial charge in [0.1, 0.15) is 5.60 Å². The zero-order valence-corrected chi connectivity index (χ0v) is 13.8. The van der Waals surface area contributed by atoms with Crippen molar-refractivity contribution in [3.63, 3.8) is 0 Å². The molecule has 1 aromatic rings. The zero-order chi connectivity index (χ0) is 15.9. The Bertz CT molecular complexity index is 607. The molecule has 2 aliphatic heterocycles. The summed E-state index contributed by atoms with van der Waals surface area (Å²) in [7, 11) is 0. The van der Waals surface area contributed by atoms with Gasteiger partial charge >= 0.3 is 6.09 Å². The Hall–Kier alpha value is -1.62. The minimum Gasteiger partial charge on any atom is -0.444 e. The van der Waals surface area contributed by atoms with Gasteiger partial charge in [-0.1, -0.05) is 17.7 Å². The van der Waals surface area contributed by atoms with E-state index in [0.29, 0.717) is 17.4 Å². The number of ether oxygens (including phenoxy) is 1. The molecular formula is C16H20ClN3O2. The molecule has 2 atom stereocenters. The predicted molar refractivity (Wildman–Crippen MR) is 84.5 cm³/mol. The van der Waals surface area contributed by atoms with Crippen molar-refractivity contribution in [3.8, 4) is 0 Å². The largest absolute Gasteiger partial charge is 0.444 e. The number of piperidine rings is 1. The Morgan fingerprint density at radius 1 is 1.32 bits per heavy atom. The van der Waals surface area contributed by atoms with E-state index in [1.54, 1.807) is 12.4 Å². The summed E-state index contributed by atoms with van der Waals surface area (Å²) >= 11 is 5.84. The first-order chi connectivity index (χ1) is 10.3. The lowest BCUT2D eigenvalue weighted by Gasteiger charge is -2.44. The van der Waals surface area contributed by atoms with Crippen LogP contribution in [0.4, 0.5) is 4.79 Å². The summed E-state index contributed by atoms with van der Waals surface area (Å²) in [4.78, 5) is 22.7. The second kappa shape index (κ2) is 5.54. The SMILES string of the molecule is CC(C)(C)OC(=O)N1CC2CCC1C=C2c1ncc(Cl)cn1. The maximum Gasteiger partial charge on any atom is 0.410 e. The zero-order valence-electron chi connectivity index (χ0n) is 13.0. The summed E-state index contributed by atoms with van der Waals surface area (Å²) in [6.07, 6.45) is 7.08. The van der Waals surface area contributed by atoms with E-state index in [-0.39, 0.29) is 18.1 Å². The third-order valence-electron chi connectivity index (χ3n) is 3.95. The standard InChI is InChI=1S/C16H20ClN3O2/c1-16(2,3)22-15(21)20-9-10-4-5-12(20)6-13(10)14-18-7-11(17)8-19-14/h6-8,10,12H,4-5,9H2,1-3H3. The van der Waals surface area contributed by atoms with Crippen LogP contribution in [0, 0.1) is 5.92 Å². The van der Waals surface area contributed by atoms with Gasteiger partial charge in [-0.15, -0.1) is 0 Å². The number of carbonyl (C=O) groups is 1. The third kappa shape index (κ3) is 3.09. The Morgan fingerprint density at radius 3 is 2.55 bits per heavy atom. The lowest BCUT2D eigenvalue weighted by molar-refractivity contribution is 0.00977. The van der Waals surface area contributed by atoms with Crippen molar-refractivity contribution in [1.82, 2.24) is 14.9 Å². The molecule has 1 fully saturated rings. The number of carbonyl (C=O) groups excluding carboxylic acids is 1. The van der Waals surface area contributed by atoms with Gasteiger partial charge in [0.2, 0.25) is 0 Å². The molecule has 5 nitrogen and oxygen atoms in total. The molecule has 2 unspecified atom stereocenters. The van der Waals surface area contributed by atoms with E-state index in [0.717, 1.165) is 18.4 Å². The summed E-state index contributed by atoms with van der Waals surface area (Å²) < 4.78 is 5.50. The van der Waals surface area contributed by atoms with Gasteiger partial charge in [-0.25, -0.2) is 14.8 Å². The molecule has 118 valence electrons. The molecule has 1 saturated heterocycles. The lowest BCUT2D eigenvalue weighted by Crippen LogP contribution is -2.51. The second-order valence-corrected chi connectivity index (χ2v) is 7.26. The van der Waals surface area contributed by atoms with E-state index in [4.69, 9.17) is 16.3 Å². The summed E-state index contributed by atoms with van der Waals surface area (Å²) in [5.74, 6) is 0.974. The number of halogens is 1. The van der Waals surface area contributed by atoms with Crippen LogP contribution in [0.3, 0.4) is 0 Å². The van der Waals surface area contributed by atoms with Crippen LogP contribution in [-0.4, -0.2) is 39.1 Å². The smallest absolute Gasteiger partial charge is 0.410 e. The number of nitrogens with zero attached hydrogens (tertiary/aromatic N) is 3.